The summed E-state index contributed by atoms with van der Waals surface area (Å²) < 4.78 is 0. The van der Waals surface area contributed by atoms with E-state index in [1.54, 1.807) is 6.20 Å². The Morgan fingerprint density at radius 2 is 2.23 bits per heavy atom. The molecule has 1 heterocycles. The van der Waals surface area contributed by atoms with Crippen molar-refractivity contribution in [3.8, 4) is 0 Å². The molecule has 1 aromatic heterocycles. The van der Waals surface area contributed by atoms with Gasteiger partial charge in [0.15, 0.2) is 5.82 Å². The molecule has 0 aliphatic heterocycles. The lowest BCUT2D eigenvalue weighted by atomic mass is 10.0. The Kier molecular flexibility index (Phi) is 2.17. The first-order valence-electron chi connectivity index (χ1n) is 4.36. The highest BCUT2D eigenvalue weighted by Crippen LogP contribution is 2.20. The van der Waals surface area contributed by atoms with E-state index >= 15 is 0 Å². The molecule has 0 radical (unpaired) electrons. The molecule has 0 bridgehead atoms. The van der Waals surface area contributed by atoms with Crippen molar-refractivity contribution < 1.29 is 0 Å². The van der Waals surface area contributed by atoms with Gasteiger partial charge in [-0.1, -0.05) is 24.3 Å². The van der Waals surface area contributed by atoms with Gasteiger partial charge in [0.2, 0.25) is 0 Å². The summed E-state index contributed by atoms with van der Waals surface area (Å²) in [6.07, 6.45) is 11.0. The molecule has 0 aromatic carbocycles. The van der Waals surface area contributed by atoms with Gasteiger partial charge in [0.25, 0.3) is 0 Å². The second-order valence-corrected chi connectivity index (χ2v) is 3.11. The Hall–Kier alpha value is -1.51. The van der Waals surface area contributed by atoms with Gasteiger partial charge in [-0.2, -0.15) is 5.10 Å². The molecule has 1 aromatic rings. The molecule has 0 saturated carbocycles. The molecule has 66 valence electrons. The lowest BCUT2D eigenvalue weighted by molar-refractivity contribution is 0.727. The Morgan fingerprint density at radius 1 is 1.31 bits per heavy atom. The van der Waals surface area contributed by atoms with Crippen molar-refractivity contribution in [2.24, 2.45) is 0 Å². The van der Waals surface area contributed by atoms with E-state index in [1.807, 2.05) is 19.1 Å². The summed E-state index contributed by atoms with van der Waals surface area (Å²) in [6.45, 7) is 1.89. The highest BCUT2D eigenvalue weighted by Gasteiger charge is 2.11. The van der Waals surface area contributed by atoms with E-state index in [4.69, 9.17) is 0 Å². The van der Waals surface area contributed by atoms with E-state index in [1.165, 1.54) is 0 Å². The molecule has 3 heteroatoms. The number of rotatable bonds is 1. The van der Waals surface area contributed by atoms with Gasteiger partial charge in [-0.3, -0.25) is 0 Å². The lowest BCUT2D eigenvalue weighted by Gasteiger charge is -2.09. The van der Waals surface area contributed by atoms with Crippen LogP contribution in [0.3, 0.4) is 0 Å². The summed E-state index contributed by atoms with van der Waals surface area (Å²) in [6, 6.07) is 0. The Bertz CT molecular complexity index is 338. The van der Waals surface area contributed by atoms with Crippen LogP contribution in [-0.2, 0) is 0 Å². The van der Waals surface area contributed by atoms with Crippen LogP contribution in [0.5, 0.6) is 0 Å². The molecule has 0 spiro atoms. The summed E-state index contributed by atoms with van der Waals surface area (Å²) in [5.41, 5.74) is 0.860. The van der Waals surface area contributed by atoms with Crippen LogP contribution in [0.4, 0.5) is 0 Å². The minimum atomic E-state index is 0.304. The molecule has 0 fully saturated rings. The maximum Gasteiger partial charge on any atom is 0.158 e. The highest BCUT2D eigenvalue weighted by atomic mass is 15.2. The number of aromatic nitrogens is 3. The number of nitrogens with zero attached hydrogens (tertiary/aromatic N) is 3. The predicted molar refractivity (Wildman–Crippen MR) is 50.2 cm³/mol. The molecule has 0 saturated heterocycles. The van der Waals surface area contributed by atoms with Crippen LogP contribution < -0.4 is 0 Å². The highest BCUT2D eigenvalue weighted by molar-refractivity contribution is 5.18. The third-order valence-corrected chi connectivity index (χ3v) is 2.01. The van der Waals surface area contributed by atoms with Crippen molar-refractivity contribution in [3.63, 3.8) is 0 Å². The smallest absolute Gasteiger partial charge is 0.158 e. The summed E-state index contributed by atoms with van der Waals surface area (Å²) in [7, 11) is 0. The standard InChI is InChI=1S/C10H11N3/c1-8-7-11-10(13-12-8)9-5-3-2-4-6-9/h2-5,7,9H,6H2,1H3/t9-/m0/s1. The SMILES string of the molecule is Cc1cnc([C@H]2C=CC=CC2)nn1. The van der Waals surface area contributed by atoms with Crippen LogP contribution in [-0.4, -0.2) is 15.2 Å². The average molecular weight is 173 g/mol. The minimum Gasteiger partial charge on any atom is -0.237 e. The molecule has 13 heavy (non-hydrogen) atoms. The van der Waals surface area contributed by atoms with Crippen molar-refractivity contribution in [2.75, 3.05) is 0 Å². The largest absolute Gasteiger partial charge is 0.237 e. The second-order valence-electron chi connectivity index (χ2n) is 3.11. The van der Waals surface area contributed by atoms with E-state index in [-0.39, 0.29) is 0 Å². The van der Waals surface area contributed by atoms with Crippen LogP contribution in [0.1, 0.15) is 23.9 Å². The molecular weight excluding hydrogens is 162 g/mol. The second kappa shape index (κ2) is 3.47. The zero-order valence-corrected chi connectivity index (χ0v) is 7.51. The van der Waals surface area contributed by atoms with E-state index in [0.29, 0.717) is 5.92 Å². The molecule has 0 amide bonds. The molecule has 2 rings (SSSR count). The van der Waals surface area contributed by atoms with Crippen LogP contribution in [0.15, 0.2) is 30.5 Å². The molecule has 0 N–H and O–H groups in total. The van der Waals surface area contributed by atoms with Gasteiger partial charge in [-0.15, -0.1) is 5.10 Å². The minimum absolute atomic E-state index is 0.304. The zero-order valence-electron chi connectivity index (χ0n) is 7.51. The molecule has 1 atom stereocenters. The topological polar surface area (TPSA) is 38.7 Å². The number of hydrogen-bond acceptors (Lipinski definition) is 3. The first kappa shape index (κ1) is 8.10. The van der Waals surface area contributed by atoms with Crippen LogP contribution in [0.2, 0.25) is 0 Å². The molecule has 0 unspecified atom stereocenters. The van der Waals surface area contributed by atoms with Crippen LogP contribution >= 0.6 is 0 Å². The van der Waals surface area contributed by atoms with E-state index in [2.05, 4.69) is 27.3 Å². The summed E-state index contributed by atoms with van der Waals surface area (Å²) >= 11 is 0. The molecule has 1 aliphatic carbocycles. The zero-order chi connectivity index (χ0) is 9.10. The Labute approximate surface area is 77.2 Å². The maximum atomic E-state index is 4.24. The van der Waals surface area contributed by atoms with Gasteiger partial charge in [0, 0.05) is 5.92 Å². The van der Waals surface area contributed by atoms with Gasteiger partial charge in [0.05, 0.1) is 11.9 Å². The van der Waals surface area contributed by atoms with Crippen molar-refractivity contribution in [2.45, 2.75) is 19.3 Å². The molecule has 3 nitrogen and oxygen atoms in total. The normalized spacial score (nSPS) is 20.5. The first-order valence-corrected chi connectivity index (χ1v) is 4.36. The summed E-state index contributed by atoms with van der Waals surface area (Å²) in [4.78, 5) is 4.24. The fourth-order valence-corrected chi connectivity index (χ4v) is 1.28. The van der Waals surface area contributed by atoms with Gasteiger partial charge in [-0.05, 0) is 13.3 Å². The van der Waals surface area contributed by atoms with Crippen molar-refractivity contribution in [3.05, 3.63) is 42.0 Å². The third-order valence-electron chi connectivity index (χ3n) is 2.01. The molecule has 1 aliphatic rings. The van der Waals surface area contributed by atoms with Crippen LogP contribution in [0, 0.1) is 6.92 Å². The van der Waals surface area contributed by atoms with Crippen molar-refractivity contribution in [1.82, 2.24) is 15.2 Å². The Balaban J connectivity index is 2.21. The number of aryl methyl sites for hydroxylation is 1. The fourth-order valence-electron chi connectivity index (χ4n) is 1.28. The van der Waals surface area contributed by atoms with Crippen LogP contribution in [0.25, 0.3) is 0 Å². The van der Waals surface area contributed by atoms with Gasteiger partial charge in [0.1, 0.15) is 0 Å². The van der Waals surface area contributed by atoms with E-state index in [0.717, 1.165) is 17.9 Å². The fraction of sp³-hybridized carbons (Fsp3) is 0.300. The Morgan fingerprint density at radius 3 is 2.85 bits per heavy atom. The van der Waals surface area contributed by atoms with Gasteiger partial charge in [-0.25, -0.2) is 4.98 Å². The van der Waals surface area contributed by atoms with Crippen molar-refractivity contribution >= 4 is 0 Å². The first-order chi connectivity index (χ1) is 6.36. The third kappa shape index (κ3) is 1.80. The summed E-state index contributed by atoms with van der Waals surface area (Å²) in [5, 5.41) is 8.04. The van der Waals surface area contributed by atoms with Crippen molar-refractivity contribution in [1.29, 1.82) is 0 Å². The lowest BCUT2D eigenvalue weighted by Crippen LogP contribution is -2.04. The molecular formula is C10H11N3. The van der Waals surface area contributed by atoms with E-state index < -0.39 is 0 Å². The number of allylic oxidation sites excluding steroid dienone is 4. The predicted octanol–water partition coefficient (Wildman–Crippen LogP) is 1.78. The summed E-state index contributed by atoms with van der Waals surface area (Å²) in [5.74, 6) is 1.12. The monoisotopic (exact) mass is 173 g/mol. The average Bonchev–Trinajstić information content (AvgIpc) is 2.20. The maximum absolute atomic E-state index is 4.24. The number of hydrogen-bond donors (Lipinski definition) is 0. The van der Waals surface area contributed by atoms with Gasteiger partial charge >= 0.3 is 0 Å². The van der Waals surface area contributed by atoms with E-state index in [9.17, 15) is 0 Å². The quantitative estimate of drug-likeness (QED) is 0.649. The van der Waals surface area contributed by atoms with Gasteiger partial charge < -0.3 is 0 Å².